The summed E-state index contributed by atoms with van der Waals surface area (Å²) in [7, 11) is 1.29. The Morgan fingerprint density at radius 1 is 1.10 bits per heavy atom. The zero-order valence-corrected chi connectivity index (χ0v) is 17.6. The van der Waals surface area contributed by atoms with Crippen LogP contribution in [0.2, 0.25) is 0 Å². The number of carbonyl (C=O) groups excluding carboxylic acids is 4. The highest BCUT2D eigenvalue weighted by atomic mass is 16.5. The number of rotatable bonds is 6. The smallest absolute Gasteiger partial charge is 0.337 e. The standard InChI is InChI=1S/C23H24N2O6/c1-14-5-4-6-19(15(14)2)24-20(26)13-31-23(29)17-11-21(27)25(12-17)18-9-7-16(8-10-18)22(28)30-3/h4-10,17H,11-13H2,1-3H3,(H,24,26). The number of benzene rings is 2. The number of ether oxygens (including phenoxy) is 2. The van der Waals surface area contributed by atoms with Gasteiger partial charge in [-0.25, -0.2) is 4.79 Å². The second-order valence-corrected chi connectivity index (χ2v) is 7.35. The first kappa shape index (κ1) is 22.0. The average Bonchev–Trinajstić information content (AvgIpc) is 3.16. The molecule has 1 saturated heterocycles. The van der Waals surface area contributed by atoms with E-state index in [4.69, 9.17) is 4.74 Å². The summed E-state index contributed by atoms with van der Waals surface area (Å²) in [6, 6.07) is 11.9. The van der Waals surface area contributed by atoms with E-state index in [9.17, 15) is 19.2 Å². The highest BCUT2D eigenvalue weighted by Gasteiger charge is 2.36. The first-order chi connectivity index (χ1) is 14.8. The lowest BCUT2D eigenvalue weighted by Crippen LogP contribution is -2.28. The predicted octanol–water partition coefficient (Wildman–Crippen LogP) is 2.62. The van der Waals surface area contributed by atoms with Crippen molar-refractivity contribution in [2.75, 3.05) is 30.5 Å². The molecule has 1 N–H and O–H groups in total. The Bertz CT molecular complexity index is 1020. The third kappa shape index (κ3) is 5.09. The van der Waals surface area contributed by atoms with Crippen molar-refractivity contribution < 1.29 is 28.7 Å². The minimum atomic E-state index is -0.665. The van der Waals surface area contributed by atoms with Gasteiger partial charge < -0.3 is 19.7 Å². The fourth-order valence-electron chi connectivity index (χ4n) is 3.34. The molecule has 1 fully saturated rings. The third-order valence-corrected chi connectivity index (χ3v) is 5.28. The van der Waals surface area contributed by atoms with Gasteiger partial charge in [0.25, 0.3) is 5.91 Å². The summed E-state index contributed by atoms with van der Waals surface area (Å²) in [4.78, 5) is 49.9. The molecule has 0 aliphatic carbocycles. The number of nitrogens with one attached hydrogen (secondary N) is 1. The molecular formula is C23H24N2O6. The molecule has 0 aromatic heterocycles. The van der Waals surface area contributed by atoms with E-state index in [0.29, 0.717) is 16.9 Å². The summed E-state index contributed by atoms with van der Waals surface area (Å²) in [6.07, 6.45) is -0.00378. The lowest BCUT2D eigenvalue weighted by atomic mass is 10.1. The van der Waals surface area contributed by atoms with Crippen molar-refractivity contribution in [3.8, 4) is 0 Å². The van der Waals surface area contributed by atoms with Crippen LogP contribution in [0.1, 0.15) is 27.9 Å². The van der Waals surface area contributed by atoms with E-state index >= 15 is 0 Å². The molecule has 2 aromatic carbocycles. The zero-order valence-electron chi connectivity index (χ0n) is 17.6. The summed E-state index contributed by atoms with van der Waals surface area (Å²) >= 11 is 0. The maximum absolute atomic E-state index is 12.4. The Morgan fingerprint density at radius 3 is 2.48 bits per heavy atom. The summed E-state index contributed by atoms with van der Waals surface area (Å²) < 4.78 is 9.79. The molecule has 8 heteroatoms. The van der Waals surface area contributed by atoms with Gasteiger partial charge >= 0.3 is 11.9 Å². The van der Waals surface area contributed by atoms with Gasteiger partial charge in [-0.15, -0.1) is 0 Å². The van der Waals surface area contributed by atoms with Gasteiger partial charge in [0, 0.05) is 24.3 Å². The predicted molar refractivity (Wildman–Crippen MR) is 114 cm³/mol. The first-order valence-electron chi connectivity index (χ1n) is 9.81. The Hall–Kier alpha value is -3.68. The lowest BCUT2D eigenvalue weighted by molar-refractivity contribution is -0.151. The lowest BCUT2D eigenvalue weighted by Gasteiger charge is -2.17. The summed E-state index contributed by atoms with van der Waals surface area (Å²) in [5, 5.41) is 2.73. The normalized spacial score (nSPS) is 15.5. The average molecular weight is 424 g/mol. The van der Waals surface area contributed by atoms with Gasteiger partial charge in [0.2, 0.25) is 5.91 Å². The molecule has 31 heavy (non-hydrogen) atoms. The topological polar surface area (TPSA) is 102 Å². The van der Waals surface area contributed by atoms with Crippen LogP contribution in [0.15, 0.2) is 42.5 Å². The van der Waals surface area contributed by atoms with E-state index in [2.05, 4.69) is 10.1 Å². The number of anilines is 2. The highest BCUT2D eigenvalue weighted by molar-refractivity contribution is 6.00. The molecule has 0 radical (unpaired) electrons. The maximum Gasteiger partial charge on any atom is 0.337 e. The summed E-state index contributed by atoms with van der Waals surface area (Å²) in [5.74, 6) is -2.41. The van der Waals surface area contributed by atoms with Crippen molar-refractivity contribution in [3.05, 3.63) is 59.2 Å². The molecule has 1 unspecified atom stereocenters. The van der Waals surface area contributed by atoms with Crippen molar-refractivity contribution in [1.29, 1.82) is 0 Å². The van der Waals surface area contributed by atoms with Crippen molar-refractivity contribution in [2.45, 2.75) is 20.3 Å². The van der Waals surface area contributed by atoms with Crippen LogP contribution in [0.3, 0.4) is 0 Å². The molecule has 1 aliphatic rings. The number of hydrogen-bond donors (Lipinski definition) is 1. The number of amides is 2. The maximum atomic E-state index is 12.4. The quantitative estimate of drug-likeness (QED) is 0.716. The van der Waals surface area contributed by atoms with Crippen LogP contribution in [-0.2, 0) is 23.9 Å². The van der Waals surface area contributed by atoms with Gasteiger partial charge in [0.1, 0.15) is 0 Å². The molecule has 0 spiro atoms. The second kappa shape index (κ2) is 9.42. The molecule has 2 amide bonds. The Morgan fingerprint density at radius 2 is 1.81 bits per heavy atom. The van der Waals surface area contributed by atoms with Crippen LogP contribution in [-0.4, -0.2) is 44.0 Å². The molecule has 0 saturated carbocycles. The van der Waals surface area contributed by atoms with Gasteiger partial charge in [-0.1, -0.05) is 12.1 Å². The molecule has 0 bridgehead atoms. The van der Waals surface area contributed by atoms with E-state index in [1.807, 2.05) is 26.0 Å². The monoisotopic (exact) mass is 424 g/mol. The number of aryl methyl sites for hydroxylation is 1. The van der Waals surface area contributed by atoms with Crippen molar-refractivity contribution in [1.82, 2.24) is 0 Å². The van der Waals surface area contributed by atoms with E-state index in [1.54, 1.807) is 30.3 Å². The van der Waals surface area contributed by atoms with Gasteiger partial charge in [-0.05, 0) is 55.3 Å². The van der Waals surface area contributed by atoms with E-state index in [1.165, 1.54) is 12.0 Å². The fraction of sp³-hybridized carbons (Fsp3) is 0.304. The number of esters is 2. The number of hydrogen-bond acceptors (Lipinski definition) is 6. The van der Waals surface area contributed by atoms with Crippen LogP contribution >= 0.6 is 0 Å². The van der Waals surface area contributed by atoms with E-state index in [0.717, 1.165) is 11.1 Å². The minimum absolute atomic E-state index is 0.00378. The molecule has 1 heterocycles. The van der Waals surface area contributed by atoms with Gasteiger partial charge in [0.05, 0.1) is 18.6 Å². The Balaban J connectivity index is 1.54. The Kier molecular flexibility index (Phi) is 6.69. The Labute approximate surface area is 180 Å². The van der Waals surface area contributed by atoms with E-state index in [-0.39, 0.29) is 18.9 Å². The molecule has 1 aliphatic heterocycles. The zero-order chi connectivity index (χ0) is 22.5. The fourth-order valence-corrected chi connectivity index (χ4v) is 3.34. The van der Waals surface area contributed by atoms with Crippen molar-refractivity contribution in [2.24, 2.45) is 5.92 Å². The molecule has 8 nitrogen and oxygen atoms in total. The molecule has 162 valence electrons. The molecular weight excluding hydrogens is 400 g/mol. The summed E-state index contributed by atoms with van der Waals surface area (Å²) in [5.41, 5.74) is 3.58. The van der Waals surface area contributed by atoms with Crippen molar-refractivity contribution in [3.63, 3.8) is 0 Å². The molecule has 2 aromatic rings. The number of carbonyl (C=O) groups is 4. The van der Waals surface area contributed by atoms with Crippen LogP contribution in [0.5, 0.6) is 0 Å². The van der Waals surface area contributed by atoms with Crippen LogP contribution in [0, 0.1) is 19.8 Å². The highest BCUT2D eigenvalue weighted by Crippen LogP contribution is 2.26. The molecule has 3 rings (SSSR count). The molecule has 1 atom stereocenters. The van der Waals surface area contributed by atoms with Gasteiger partial charge in [-0.2, -0.15) is 0 Å². The number of methoxy groups -OCH3 is 1. The SMILES string of the molecule is COC(=O)c1ccc(N2CC(C(=O)OCC(=O)Nc3cccc(C)c3C)CC2=O)cc1. The minimum Gasteiger partial charge on any atom is -0.465 e. The third-order valence-electron chi connectivity index (χ3n) is 5.28. The number of nitrogens with zero attached hydrogens (tertiary/aromatic N) is 1. The van der Waals surface area contributed by atoms with Crippen molar-refractivity contribution >= 4 is 35.1 Å². The van der Waals surface area contributed by atoms with Gasteiger partial charge in [0.15, 0.2) is 6.61 Å². The first-order valence-corrected chi connectivity index (χ1v) is 9.81. The van der Waals surface area contributed by atoms with Crippen LogP contribution < -0.4 is 10.2 Å². The second-order valence-electron chi connectivity index (χ2n) is 7.35. The van der Waals surface area contributed by atoms with E-state index < -0.39 is 30.4 Å². The van der Waals surface area contributed by atoms with Crippen LogP contribution in [0.4, 0.5) is 11.4 Å². The summed E-state index contributed by atoms with van der Waals surface area (Å²) in [6.45, 7) is 3.56. The van der Waals surface area contributed by atoms with Crippen LogP contribution in [0.25, 0.3) is 0 Å². The largest absolute Gasteiger partial charge is 0.465 e. The van der Waals surface area contributed by atoms with Gasteiger partial charge in [-0.3, -0.25) is 14.4 Å².